The van der Waals surface area contributed by atoms with Crippen molar-refractivity contribution >= 4 is 34.2 Å². The zero-order valence-corrected chi connectivity index (χ0v) is 21.1. The van der Waals surface area contributed by atoms with E-state index < -0.39 is 11.5 Å². The molecule has 5 rings (SSSR count). The van der Waals surface area contributed by atoms with Gasteiger partial charge in [0.2, 0.25) is 0 Å². The molecule has 0 unspecified atom stereocenters. The fourth-order valence-corrected chi connectivity index (χ4v) is 3.99. The SMILES string of the molecule is Nc1ccccc1NC(=O)c1ccc(CNC(=O)c2cc3ccc(OCc4cccc(F)c4)cc3oc2=O)cc1. The summed E-state index contributed by atoms with van der Waals surface area (Å²) < 4.78 is 24.4. The molecule has 0 aliphatic carbocycles. The number of hydrogen-bond acceptors (Lipinski definition) is 6. The maximum Gasteiger partial charge on any atom is 0.349 e. The molecule has 200 valence electrons. The predicted octanol–water partition coefficient (Wildman–Crippen LogP) is 5.28. The van der Waals surface area contributed by atoms with E-state index in [1.807, 2.05) is 0 Å². The summed E-state index contributed by atoms with van der Waals surface area (Å²) in [6.45, 7) is 0.276. The fraction of sp³-hybridized carbons (Fsp3) is 0.0645. The van der Waals surface area contributed by atoms with Gasteiger partial charge in [-0.2, -0.15) is 0 Å². The molecule has 5 aromatic rings. The molecular formula is C31H24FN3O5. The number of anilines is 2. The Hall–Kier alpha value is -5.44. The average molecular weight is 538 g/mol. The van der Waals surface area contributed by atoms with Crippen LogP contribution in [0.25, 0.3) is 11.0 Å². The number of amides is 2. The molecule has 0 radical (unpaired) electrons. The molecule has 0 aliphatic rings. The van der Waals surface area contributed by atoms with E-state index in [9.17, 15) is 18.8 Å². The topological polar surface area (TPSA) is 124 Å². The Balaban J connectivity index is 1.20. The van der Waals surface area contributed by atoms with Crippen LogP contribution in [0.15, 0.2) is 106 Å². The molecule has 0 atom stereocenters. The van der Waals surface area contributed by atoms with Crippen molar-refractivity contribution in [3.8, 4) is 5.75 Å². The van der Waals surface area contributed by atoms with Gasteiger partial charge >= 0.3 is 5.63 Å². The van der Waals surface area contributed by atoms with Crippen LogP contribution >= 0.6 is 0 Å². The minimum atomic E-state index is -0.792. The number of fused-ring (bicyclic) bond motifs is 1. The number of nitrogens with one attached hydrogen (secondary N) is 2. The van der Waals surface area contributed by atoms with E-state index in [1.54, 1.807) is 78.9 Å². The summed E-state index contributed by atoms with van der Waals surface area (Å²) in [5, 5.41) is 6.00. The second kappa shape index (κ2) is 11.5. The lowest BCUT2D eigenvalue weighted by atomic mass is 10.1. The highest BCUT2D eigenvalue weighted by Crippen LogP contribution is 2.22. The number of nitrogen functional groups attached to an aromatic ring is 1. The highest BCUT2D eigenvalue weighted by Gasteiger charge is 2.15. The number of rotatable bonds is 8. The van der Waals surface area contributed by atoms with Crippen molar-refractivity contribution in [3.63, 3.8) is 0 Å². The molecule has 40 heavy (non-hydrogen) atoms. The van der Waals surface area contributed by atoms with Crippen molar-refractivity contribution in [2.45, 2.75) is 13.2 Å². The van der Waals surface area contributed by atoms with E-state index in [1.165, 1.54) is 18.2 Å². The van der Waals surface area contributed by atoms with Gasteiger partial charge in [-0.3, -0.25) is 9.59 Å². The molecule has 0 fully saturated rings. The van der Waals surface area contributed by atoms with Crippen LogP contribution < -0.4 is 26.7 Å². The number of halogens is 1. The van der Waals surface area contributed by atoms with Crippen LogP contribution in [-0.4, -0.2) is 11.8 Å². The van der Waals surface area contributed by atoms with Crippen molar-refractivity contribution < 1.29 is 23.1 Å². The Bertz CT molecular complexity index is 1770. The lowest BCUT2D eigenvalue weighted by Gasteiger charge is -2.09. The minimum absolute atomic E-state index is 0.136. The van der Waals surface area contributed by atoms with Crippen LogP contribution in [0.5, 0.6) is 5.75 Å². The number of carbonyl (C=O) groups is 2. The van der Waals surface area contributed by atoms with Gasteiger partial charge in [-0.05, 0) is 65.7 Å². The third-order valence-electron chi connectivity index (χ3n) is 6.12. The molecule has 0 aliphatic heterocycles. The number of benzene rings is 4. The van der Waals surface area contributed by atoms with Gasteiger partial charge in [0, 0.05) is 23.6 Å². The monoisotopic (exact) mass is 537 g/mol. The van der Waals surface area contributed by atoms with Gasteiger partial charge in [0.1, 0.15) is 29.3 Å². The second-order valence-electron chi connectivity index (χ2n) is 8.99. The maximum atomic E-state index is 13.4. The second-order valence-corrected chi connectivity index (χ2v) is 8.99. The zero-order chi connectivity index (χ0) is 28.1. The molecule has 0 saturated carbocycles. The molecule has 4 N–H and O–H groups in total. The molecule has 0 spiro atoms. The van der Waals surface area contributed by atoms with E-state index in [-0.39, 0.29) is 36.0 Å². The normalized spacial score (nSPS) is 10.7. The highest BCUT2D eigenvalue weighted by atomic mass is 19.1. The van der Waals surface area contributed by atoms with Gasteiger partial charge in [-0.25, -0.2) is 9.18 Å². The smallest absolute Gasteiger partial charge is 0.349 e. The summed E-state index contributed by atoms with van der Waals surface area (Å²) in [6.07, 6.45) is 0. The molecule has 4 aromatic carbocycles. The third-order valence-corrected chi connectivity index (χ3v) is 6.12. The predicted molar refractivity (Wildman–Crippen MR) is 150 cm³/mol. The first-order valence-corrected chi connectivity index (χ1v) is 12.3. The quantitative estimate of drug-likeness (QED) is 0.183. The number of carbonyl (C=O) groups excluding carboxylic acids is 2. The first-order chi connectivity index (χ1) is 19.4. The summed E-state index contributed by atoms with van der Waals surface area (Å²) in [4.78, 5) is 37.8. The zero-order valence-electron chi connectivity index (χ0n) is 21.1. The Morgan fingerprint density at radius 2 is 1.65 bits per heavy atom. The van der Waals surface area contributed by atoms with Crippen molar-refractivity contribution in [2.75, 3.05) is 11.1 Å². The van der Waals surface area contributed by atoms with E-state index in [0.29, 0.717) is 33.6 Å². The van der Waals surface area contributed by atoms with Crippen LogP contribution in [0.4, 0.5) is 15.8 Å². The van der Waals surface area contributed by atoms with Crippen LogP contribution in [-0.2, 0) is 13.2 Å². The number of ether oxygens (including phenoxy) is 1. The van der Waals surface area contributed by atoms with E-state index in [0.717, 1.165) is 5.56 Å². The molecule has 1 heterocycles. The Morgan fingerprint density at radius 3 is 2.42 bits per heavy atom. The number of para-hydroxylation sites is 2. The van der Waals surface area contributed by atoms with E-state index in [4.69, 9.17) is 14.9 Å². The number of hydrogen-bond donors (Lipinski definition) is 3. The molecule has 0 bridgehead atoms. The van der Waals surface area contributed by atoms with Crippen LogP contribution in [0.3, 0.4) is 0 Å². The van der Waals surface area contributed by atoms with Gasteiger partial charge in [0.25, 0.3) is 11.8 Å². The summed E-state index contributed by atoms with van der Waals surface area (Å²) in [5.74, 6) is -0.833. The fourth-order valence-electron chi connectivity index (χ4n) is 3.99. The van der Waals surface area contributed by atoms with Crippen LogP contribution in [0.1, 0.15) is 31.8 Å². The first kappa shape index (κ1) is 26.2. The number of nitrogens with two attached hydrogens (primary N) is 1. The van der Waals surface area contributed by atoms with Crippen molar-refractivity contribution in [2.24, 2.45) is 0 Å². The highest BCUT2D eigenvalue weighted by molar-refractivity contribution is 6.05. The van der Waals surface area contributed by atoms with Gasteiger partial charge in [-0.1, -0.05) is 36.4 Å². The van der Waals surface area contributed by atoms with Crippen molar-refractivity contribution in [3.05, 3.63) is 136 Å². The molecular weight excluding hydrogens is 513 g/mol. The minimum Gasteiger partial charge on any atom is -0.489 e. The third kappa shape index (κ3) is 6.16. The largest absolute Gasteiger partial charge is 0.489 e. The lowest BCUT2D eigenvalue weighted by Crippen LogP contribution is -2.27. The molecule has 2 amide bonds. The van der Waals surface area contributed by atoms with Crippen molar-refractivity contribution in [1.82, 2.24) is 5.32 Å². The lowest BCUT2D eigenvalue weighted by molar-refractivity contribution is 0.0946. The summed E-state index contributed by atoms with van der Waals surface area (Å²) in [5.41, 5.74) is 7.98. The van der Waals surface area contributed by atoms with Crippen LogP contribution in [0.2, 0.25) is 0 Å². The average Bonchev–Trinajstić information content (AvgIpc) is 2.96. The molecule has 0 saturated heterocycles. The van der Waals surface area contributed by atoms with Gasteiger partial charge < -0.3 is 25.5 Å². The maximum absolute atomic E-state index is 13.4. The van der Waals surface area contributed by atoms with Crippen molar-refractivity contribution in [1.29, 1.82) is 0 Å². The standard InChI is InChI=1S/C31H24FN3O5/c32-23-5-3-4-20(14-23)18-39-24-13-12-22-15-25(31(38)40-28(22)16-24)30(37)34-17-19-8-10-21(11-9-19)29(36)35-27-7-2-1-6-26(27)33/h1-16H,17-18,33H2,(H,34,37)(H,35,36). The Labute approximate surface area is 228 Å². The van der Waals surface area contributed by atoms with Gasteiger partial charge in [-0.15, -0.1) is 0 Å². The first-order valence-electron chi connectivity index (χ1n) is 12.3. The summed E-state index contributed by atoms with van der Waals surface area (Å²) in [7, 11) is 0. The Morgan fingerprint density at radius 1 is 0.850 bits per heavy atom. The summed E-state index contributed by atoms with van der Waals surface area (Å²) in [6, 6.07) is 26.0. The van der Waals surface area contributed by atoms with Crippen LogP contribution in [0, 0.1) is 5.82 Å². The summed E-state index contributed by atoms with van der Waals surface area (Å²) >= 11 is 0. The van der Waals surface area contributed by atoms with Gasteiger partial charge in [0.05, 0.1) is 11.4 Å². The Kier molecular flexibility index (Phi) is 7.54. The van der Waals surface area contributed by atoms with E-state index >= 15 is 0 Å². The molecule has 8 nitrogen and oxygen atoms in total. The molecule has 9 heteroatoms. The molecule has 1 aromatic heterocycles. The van der Waals surface area contributed by atoms with Gasteiger partial charge in [0.15, 0.2) is 0 Å². The van der Waals surface area contributed by atoms with E-state index in [2.05, 4.69) is 10.6 Å².